The molecule has 2 aromatic carbocycles. The van der Waals surface area contributed by atoms with E-state index in [1.54, 1.807) is 36.4 Å². The Morgan fingerprint density at radius 2 is 2.09 bits per heavy atom. The van der Waals surface area contributed by atoms with Crippen molar-refractivity contribution in [1.82, 2.24) is 0 Å². The fourth-order valence-electron chi connectivity index (χ4n) is 1.84. The van der Waals surface area contributed by atoms with Gasteiger partial charge in [-0.15, -0.1) is 0 Å². The summed E-state index contributed by atoms with van der Waals surface area (Å²) in [7, 11) is 0. The Bertz CT molecular complexity index is 719. The zero-order chi connectivity index (χ0) is 16.1. The summed E-state index contributed by atoms with van der Waals surface area (Å²) < 4.78 is 6.16. The topological polar surface area (TPSA) is 55.4 Å². The fourth-order valence-corrected chi connectivity index (χ4v) is 2.45. The number of aryl methyl sites for hydroxylation is 1. The largest absolute Gasteiger partial charge is 0.483 e. The molecule has 1 N–H and O–H groups in total. The van der Waals surface area contributed by atoms with Gasteiger partial charge < -0.3 is 10.1 Å². The molecule has 0 heterocycles. The minimum atomic E-state index is -0.315. The van der Waals surface area contributed by atoms with Gasteiger partial charge in [-0.3, -0.25) is 9.59 Å². The highest BCUT2D eigenvalue weighted by molar-refractivity contribution is 9.10. The minimum absolute atomic E-state index is 0.190. The molecule has 0 bridgehead atoms. The molecule has 0 saturated heterocycles. The number of aldehydes is 1. The molecule has 2 rings (SSSR count). The highest BCUT2D eigenvalue weighted by atomic mass is 79.9. The van der Waals surface area contributed by atoms with Gasteiger partial charge in [-0.05, 0) is 48.9 Å². The third-order valence-corrected chi connectivity index (χ3v) is 3.65. The van der Waals surface area contributed by atoms with Gasteiger partial charge in [0.15, 0.2) is 12.9 Å². The first kappa shape index (κ1) is 16.5. The Balaban J connectivity index is 2.00. The van der Waals surface area contributed by atoms with Crippen LogP contribution in [0.4, 0.5) is 5.69 Å². The van der Waals surface area contributed by atoms with E-state index in [0.717, 1.165) is 10.0 Å². The molecule has 6 heteroatoms. The van der Waals surface area contributed by atoms with E-state index in [4.69, 9.17) is 16.3 Å². The van der Waals surface area contributed by atoms with Crippen LogP contribution < -0.4 is 10.1 Å². The molecule has 0 spiro atoms. The van der Waals surface area contributed by atoms with Crippen molar-refractivity contribution < 1.29 is 14.3 Å². The molecule has 0 atom stereocenters. The second-order valence-corrected chi connectivity index (χ2v) is 5.95. The Morgan fingerprint density at radius 3 is 2.77 bits per heavy atom. The molecule has 0 aromatic heterocycles. The maximum absolute atomic E-state index is 11.9. The molecule has 114 valence electrons. The average Bonchev–Trinajstić information content (AvgIpc) is 2.48. The smallest absolute Gasteiger partial charge is 0.262 e. The number of hydrogen-bond donors (Lipinski definition) is 1. The molecule has 4 nitrogen and oxygen atoms in total. The van der Waals surface area contributed by atoms with Crippen LogP contribution in [0, 0.1) is 6.92 Å². The van der Waals surface area contributed by atoms with Crippen LogP contribution >= 0.6 is 27.5 Å². The second-order valence-electron chi connectivity index (χ2n) is 4.60. The van der Waals surface area contributed by atoms with Gasteiger partial charge in [-0.2, -0.15) is 0 Å². The standard InChI is InChI=1S/C16H13BrClNO3/c1-10-6-13(18)3-4-14(10)19-16(21)9-22-15-5-2-12(17)7-11(15)8-20/h2-8H,9H2,1H3,(H,19,21). The maximum atomic E-state index is 11.9. The first-order valence-electron chi connectivity index (χ1n) is 6.43. The van der Waals surface area contributed by atoms with Crippen molar-refractivity contribution in [2.45, 2.75) is 6.92 Å². The monoisotopic (exact) mass is 381 g/mol. The Labute approximate surface area is 141 Å². The Hall–Kier alpha value is -1.85. The lowest BCUT2D eigenvalue weighted by atomic mass is 10.2. The number of amides is 1. The number of rotatable bonds is 5. The molecule has 0 aliphatic rings. The van der Waals surface area contributed by atoms with Gasteiger partial charge in [0.25, 0.3) is 5.91 Å². The molecule has 0 saturated carbocycles. The second kappa shape index (κ2) is 7.42. The zero-order valence-electron chi connectivity index (χ0n) is 11.7. The summed E-state index contributed by atoms with van der Waals surface area (Å²) in [6.45, 7) is 1.66. The number of benzene rings is 2. The highest BCUT2D eigenvalue weighted by Gasteiger charge is 2.09. The predicted molar refractivity (Wildman–Crippen MR) is 89.8 cm³/mol. The van der Waals surface area contributed by atoms with Crippen molar-refractivity contribution in [1.29, 1.82) is 0 Å². The van der Waals surface area contributed by atoms with Crippen LogP contribution in [0.1, 0.15) is 15.9 Å². The van der Waals surface area contributed by atoms with E-state index in [2.05, 4.69) is 21.2 Å². The zero-order valence-corrected chi connectivity index (χ0v) is 14.1. The number of hydrogen-bond acceptors (Lipinski definition) is 3. The van der Waals surface area contributed by atoms with Crippen molar-refractivity contribution in [3.63, 3.8) is 0 Å². The quantitative estimate of drug-likeness (QED) is 0.787. The third kappa shape index (κ3) is 4.32. The van der Waals surface area contributed by atoms with Crippen molar-refractivity contribution >= 4 is 45.4 Å². The van der Waals surface area contributed by atoms with Crippen LogP contribution in [0.5, 0.6) is 5.75 Å². The van der Waals surface area contributed by atoms with E-state index in [1.807, 2.05) is 6.92 Å². The van der Waals surface area contributed by atoms with Crippen LogP contribution in [0.25, 0.3) is 0 Å². The minimum Gasteiger partial charge on any atom is -0.483 e. The van der Waals surface area contributed by atoms with E-state index in [0.29, 0.717) is 28.3 Å². The molecule has 0 radical (unpaired) electrons. The van der Waals surface area contributed by atoms with E-state index in [9.17, 15) is 9.59 Å². The molecule has 0 aliphatic carbocycles. The van der Waals surface area contributed by atoms with Gasteiger partial charge >= 0.3 is 0 Å². The first-order valence-corrected chi connectivity index (χ1v) is 7.60. The van der Waals surface area contributed by atoms with E-state index in [-0.39, 0.29) is 12.5 Å². The number of nitrogens with one attached hydrogen (secondary N) is 1. The number of halogens is 2. The van der Waals surface area contributed by atoms with Gasteiger partial charge in [0.2, 0.25) is 0 Å². The molecule has 0 unspecified atom stereocenters. The van der Waals surface area contributed by atoms with Crippen molar-refractivity contribution in [3.8, 4) is 5.75 Å². The summed E-state index contributed by atoms with van der Waals surface area (Å²) in [6, 6.07) is 10.2. The van der Waals surface area contributed by atoms with Crippen LogP contribution in [0.3, 0.4) is 0 Å². The number of anilines is 1. The molecular formula is C16H13BrClNO3. The molecule has 2 aromatic rings. The average molecular weight is 383 g/mol. The third-order valence-electron chi connectivity index (χ3n) is 2.92. The normalized spacial score (nSPS) is 10.1. The fraction of sp³-hybridized carbons (Fsp3) is 0.125. The van der Waals surface area contributed by atoms with Gasteiger partial charge in [-0.25, -0.2) is 0 Å². The number of carbonyl (C=O) groups is 2. The number of ether oxygens (including phenoxy) is 1. The molecule has 0 fully saturated rings. The SMILES string of the molecule is Cc1cc(Cl)ccc1NC(=O)COc1ccc(Br)cc1C=O. The van der Waals surface area contributed by atoms with E-state index < -0.39 is 0 Å². The molecule has 22 heavy (non-hydrogen) atoms. The van der Waals surface area contributed by atoms with Crippen molar-refractivity contribution in [3.05, 3.63) is 57.0 Å². The van der Waals surface area contributed by atoms with Crippen LogP contribution in [0.2, 0.25) is 5.02 Å². The lowest BCUT2D eigenvalue weighted by Gasteiger charge is -2.11. The lowest BCUT2D eigenvalue weighted by Crippen LogP contribution is -2.21. The van der Waals surface area contributed by atoms with Crippen molar-refractivity contribution in [2.75, 3.05) is 11.9 Å². The maximum Gasteiger partial charge on any atom is 0.262 e. The van der Waals surface area contributed by atoms with Gasteiger partial charge in [-0.1, -0.05) is 27.5 Å². The first-order chi connectivity index (χ1) is 10.5. The summed E-state index contributed by atoms with van der Waals surface area (Å²) in [5.41, 5.74) is 1.91. The summed E-state index contributed by atoms with van der Waals surface area (Å²) in [5, 5.41) is 3.34. The summed E-state index contributed by atoms with van der Waals surface area (Å²) >= 11 is 9.14. The predicted octanol–water partition coefficient (Wildman–Crippen LogP) is 4.24. The van der Waals surface area contributed by atoms with Gasteiger partial charge in [0, 0.05) is 15.2 Å². The molecule has 1 amide bonds. The molecule has 0 aliphatic heterocycles. The van der Waals surface area contributed by atoms with E-state index >= 15 is 0 Å². The number of carbonyl (C=O) groups excluding carboxylic acids is 2. The molecular weight excluding hydrogens is 370 g/mol. The highest BCUT2D eigenvalue weighted by Crippen LogP contribution is 2.22. The van der Waals surface area contributed by atoms with Crippen LogP contribution in [0.15, 0.2) is 40.9 Å². The van der Waals surface area contributed by atoms with Crippen molar-refractivity contribution in [2.24, 2.45) is 0 Å². The lowest BCUT2D eigenvalue weighted by molar-refractivity contribution is -0.118. The Morgan fingerprint density at radius 1 is 1.32 bits per heavy atom. The van der Waals surface area contributed by atoms with Crippen LogP contribution in [-0.2, 0) is 4.79 Å². The van der Waals surface area contributed by atoms with E-state index in [1.165, 1.54) is 0 Å². The summed E-state index contributed by atoms with van der Waals surface area (Å²) in [6.07, 6.45) is 0.682. The van der Waals surface area contributed by atoms with Gasteiger partial charge in [0.05, 0.1) is 5.56 Å². The summed E-state index contributed by atoms with van der Waals surface area (Å²) in [5.74, 6) is 0.0476. The Kier molecular flexibility index (Phi) is 5.57. The summed E-state index contributed by atoms with van der Waals surface area (Å²) in [4.78, 5) is 22.9. The van der Waals surface area contributed by atoms with Crippen LogP contribution in [-0.4, -0.2) is 18.8 Å². The van der Waals surface area contributed by atoms with Gasteiger partial charge in [0.1, 0.15) is 5.75 Å².